The Balaban J connectivity index is 1.56. The third-order valence-electron chi connectivity index (χ3n) is 4.94. The lowest BCUT2D eigenvalue weighted by molar-refractivity contribution is -0.136. The van der Waals surface area contributed by atoms with Gasteiger partial charge in [0.1, 0.15) is 10.2 Å². The molecule has 0 fully saturated rings. The number of alkyl halides is 3. The fraction of sp³-hybridized carbons (Fsp3) is 0.150. The molecule has 1 amide bonds. The smallest absolute Gasteiger partial charge is 0.420 e. The Kier molecular flexibility index (Phi) is 4.63. The maximum Gasteiger partial charge on any atom is 0.420 e. The average Bonchev–Trinajstić information content (AvgIpc) is 3.53. The summed E-state index contributed by atoms with van der Waals surface area (Å²) < 4.78 is 47.4. The molecule has 11 heteroatoms. The average molecular weight is 465 g/mol. The van der Waals surface area contributed by atoms with E-state index in [1.54, 1.807) is 6.20 Å². The first-order chi connectivity index (χ1) is 14.8. The van der Waals surface area contributed by atoms with E-state index >= 15 is 0 Å². The minimum absolute atomic E-state index is 0.182. The van der Waals surface area contributed by atoms with E-state index in [1.165, 1.54) is 41.0 Å². The van der Waals surface area contributed by atoms with Gasteiger partial charge in [0, 0.05) is 47.6 Å². The number of fused-ring (bicyclic) bond motifs is 1. The number of halogens is 4. The fourth-order valence-electron chi connectivity index (χ4n) is 3.45. The van der Waals surface area contributed by atoms with Crippen molar-refractivity contribution < 1.29 is 22.4 Å². The van der Waals surface area contributed by atoms with Crippen LogP contribution in [0.15, 0.2) is 52.9 Å². The largest absolute Gasteiger partial charge is 0.472 e. The van der Waals surface area contributed by atoms with Gasteiger partial charge in [-0.15, -0.1) is 11.3 Å². The first-order valence-electron chi connectivity index (χ1n) is 9.02. The zero-order valence-electron chi connectivity index (χ0n) is 15.6. The number of thiazole rings is 1. The molecule has 1 aliphatic heterocycles. The lowest BCUT2D eigenvalue weighted by Gasteiger charge is -2.14. The summed E-state index contributed by atoms with van der Waals surface area (Å²) >= 11 is 7.80. The summed E-state index contributed by atoms with van der Waals surface area (Å²) in [6.45, 7) is 0.577. The highest BCUT2D eigenvalue weighted by Gasteiger charge is 2.37. The van der Waals surface area contributed by atoms with Crippen LogP contribution in [0.25, 0.3) is 22.3 Å². The van der Waals surface area contributed by atoms with Gasteiger partial charge in [0.15, 0.2) is 11.3 Å². The number of aromatic nitrogens is 3. The van der Waals surface area contributed by atoms with Gasteiger partial charge in [-0.2, -0.15) is 13.2 Å². The van der Waals surface area contributed by atoms with Crippen molar-refractivity contribution in [2.24, 2.45) is 0 Å². The minimum Gasteiger partial charge on any atom is -0.472 e. The van der Waals surface area contributed by atoms with E-state index in [0.717, 1.165) is 21.0 Å². The quantitative estimate of drug-likeness (QED) is 0.415. The predicted octanol–water partition coefficient (Wildman–Crippen LogP) is 5.26. The third kappa shape index (κ3) is 3.41. The monoisotopic (exact) mass is 464 g/mol. The van der Waals surface area contributed by atoms with Crippen molar-refractivity contribution in [1.82, 2.24) is 19.3 Å². The Morgan fingerprint density at radius 2 is 2.13 bits per heavy atom. The van der Waals surface area contributed by atoms with Crippen molar-refractivity contribution in [3.8, 4) is 11.1 Å². The van der Waals surface area contributed by atoms with E-state index in [9.17, 15) is 18.0 Å². The van der Waals surface area contributed by atoms with Crippen LogP contribution >= 0.6 is 22.9 Å². The van der Waals surface area contributed by atoms with E-state index in [4.69, 9.17) is 16.0 Å². The van der Waals surface area contributed by atoms with Crippen LogP contribution in [0.5, 0.6) is 0 Å². The zero-order chi connectivity index (χ0) is 21.8. The Morgan fingerprint density at radius 3 is 2.81 bits per heavy atom. The lowest BCUT2D eigenvalue weighted by atomic mass is 10.1. The number of nitrogens with zero attached hydrogens (tertiary/aromatic N) is 4. The first-order valence-corrected chi connectivity index (χ1v) is 10.3. The third-order valence-corrected chi connectivity index (χ3v) is 6.15. The van der Waals surface area contributed by atoms with Crippen LogP contribution in [-0.4, -0.2) is 38.3 Å². The van der Waals surface area contributed by atoms with Crippen molar-refractivity contribution in [3.63, 3.8) is 0 Å². The molecular weight excluding hydrogens is 453 g/mol. The molecule has 158 valence electrons. The van der Waals surface area contributed by atoms with Gasteiger partial charge in [-0.1, -0.05) is 17.7 Å². The van der Waals surface area contributed by atoms with Crippen molar-refractivity contribution in [1.29, 1.82) is 0 Å². The van der Waals surface area contributed by atoms with Gasteiger partial charge in [-0.3, -0.25) is 9.20 Å². The van der Waals surface area contributed by atoms with E-state index in [1.807, 2.05) is 11.5 Å². The Hall–Kier alpha value is -3.11. The number of imidazole rings is 1. The SMILES string of the molecule is O=C(c1nc2c(C(F)(F)F)cc(-c3ccoc3)cn2c1Cl)N1CC=C(c2nccs2)C1. The highest BCUT2D eigenvalue weighted by Crippen LogP contribution is 2.37. The summed E-state index contributed by atoms with van der Waals surface area (Å²) in [6.07, 6.45) is 2.93. The topological polar surface area (TPSA) is 63.6 Å². The number of hydrogen-bond donors (Lipinski definition) is 0. The zero-order valence-corrected chi connectivity index (χ0v) is 17.1. The maximum atomic E-state index is 13.8. The van der Waals surface area contributed by atoms with Crippen molar-refractivity contribution in [2.45, 2.75) is 6.18 Å². The van der Waals surface area contributed by atoms with Crippen LogP contribution in [0.2, 0.25) is 5.15 Å². The number of carbonyl (C=O) groups excluding carboxylic acids is 1. The lowest BCUT2D eigenvalue weighted by Crippen LogP contribution is -2.29. The molecule has 0 aromatic carbocycles. The van der Waals surface area contributed by atoms with Crippen molar-refractivity contribution in [3.05, 3.63) is 69.9 Å². The highest BCUT2D eigenvalue weighted by molar-refractivity contribution is 7.10. The standard InChI is InChI=1S/C20H12ClF3N4O2S/c21-16-15(19(29)27-4-1-11(8-27)18-25-3-6-31-18)26-17-14(20(22,23)24)7-13(9-28(16)17)12-2-5-30-10-12/h1-3,5-7,9-10H,4,8H2. The summed E-state index contributed by atoms with van der Waals surface area (Å²) in [4.78, 5) is 22.7. The molecule has 5 rings (SSSR count). The maximum absolute atomic E-state index is 13.8. The number of amides is 1. The molecule has 0 spiro atoms. The molecule has 0 unspecified atom stereocenters. The van der Waals surface area contributed by atoms with Gasteiger partial charge in [0.25, 0.3) is 5.91 Å². The molecule has 0 atom stereocenters. The van der Waals surface area contributed by atoms with E-state index in [0.29, 0.717) is 12.1 Å². The van der Waals surface area contributed by atoms with E-state index in [2.05, 4.69) is 9.97 Å². The summed E-state index contributed by atoms with van der Waals surface area (Å²) in [5.74, 6) is -0.547. The van der Waals surface area contributed by atoms with E-state index in [-0.39, 0.29) is 23.0 Å². The van der Waals surface area contributed by atoms with Gasteiger partial charge < -0.3 is 9.32 Å². The van der Waals surface area contributed by atoms with Gasteiger partial charge in [-0.05, 0) is 12.1 Å². The summed E-state index contributed by atoms with van der Waals surface area (Å²) in [5.41, 5.74) is -0.0926. The molecule has 4 aromatic heterocycles. The summed E-state index contributed by atoms with van der Waals surface area (Å²) in [6, 6.07) is 2.50. The molecule has 0 radical (unpaired) electrons. The molecule has 0 saturated heterocycles. The predicted molar refractivity (Wildman–Crippen MR) is 109 cm³/mol. The molecule has 31 heavy (non-hydrogen) atoms. The molecule has 4 aromatic rings. The second-order valence-corrected chi connectivity index (χ2v) is 8.10. The highest BCUT2D eigenvalue weighted by atomic mass is 35.5. The number of carbonyl (C=O) groups is 1. The van der Waals surface area contributed by atoms with Crippen LogP contribution in [0.1, 0.15) is 21.1 Å². The Bertz CT molecular complexity index is 1310. The molecule has 0 aliphatic carbocycles. The van der Waals surface area contributed by atoms with Crippen LogP contribution in [0.3, 0.4) is 0 Å². The molecule has 0 N–H and O–H groups in total. The van der Waals surface area contributed by atoms with Gasteiger partial charge in [0.05, 0.1) is 18.1 Å². The second-order valence-electron chi connectivity index (χ2n) is 6.85. The van der Waals surface area contributed by atoms with Crippen molar-refractivity contribution >= 4 is 40.1 Å². The van der Waals surface area contributed by atoms with Gasteiger partial charge in [-0.25, -0.2) is 9.97 Å². The van der Waals surface area contributed by atoms with Crippen molar-refractivity contribution in [2.75, 3.05) is 13.1 Å². The number of rotatable bonds is 3. The molecule has 0 saturated carbocycles. The number of pyridine rings is 1. The first kappa shape index (κ1) is 19.8. The van der Waals surface area contributed by atoms with Gasteiger partial charge in [0.2, 0.25) is 0 Å². The Labute approximate surface area is 182 Å². The number of furan rings is 1. The Morgan fingerprint density at radius 1 is 1.29 bits per heavy atom. The normalized spacial score (nSPS) is 14.5. The molecule has 6 nitrogen and oxygen atoms in total. The summed E-state index contributed by atoms with van der Waals surface area (Å²) in [5, 5.41) is 2.44. The fourth-order valence-corrected chi connectivity index (χ4v) is 4.37. The van der Waals surface area contributed by atoms with Crippen LogP contribution < -0.4 is 0 Å². The van der Waals surface area contributed by atoms with Crippen LogP contribution in [-0.2, 0) is 6.18 Å². The number of hydrogen-bond acceptors (Lipinski definition) is 5. The van der Waals surface area contributed by atoms with Crippen LogP contribution in [0.4, 0.5) is 13.2 Å². The van der Waals surface area contributed by atoms with Crippen LogP contribution in [0, 0.1) is 0 Å². The second kappa shape index (κ2) is 7.24. The van der Waals surface area contributed by atoms with Gasteiger partial charge >= 0.3 is 6.18 Å². The molecular formula is C20H12ClF3N4O2S. The van der Waals surface area contributed by atoms with E-state index < -0.39 is 23.3 Å². The molecule has 5 heterocycles. The molecule has 0 bridgehead atoms. The minimum atomic E-state index is -4.69. The summed E-state index contributed by atoms with van der Waals surface area (Å²) in [7, 11) is 0. The molecule has 1 aliphatic rings.